The van der Waals surface area contributed by atoms with Gasteiger partial charge in [-0.3, -0.25) is 0 Å². The summed E-state index contributed by atoms with van der Waals surface area (Å²) in [6.07, 6.45) is -3.83. The predicted molar refractivity (Wildman–Crippen MR) is 104 cm³/mol. The maximum atomic E-state index is 12.6. The third-order valence-corrected chi connectivity index (χ3v) is 4.90. The predicted octanol–water partition coefficient (Wildman–Crippen LogP) is 4.09. The number of piperazine rings is 1. The molecule has 2 aromatic carbocycles. The molecule has 0 saturated carbocycles. The van der Waals surface area contributed by atoms with E-state index in [1.54, 1.807) is 4.90 Å². The van der Waals surface area contributed by atoms with Crippen molar-refractivity contribution in [2.24, 2.45) is 0 Å². The largest absolute Gasteiger partial charge is 0.416 e. The Kier molecular flexibility index (Phi) is 6.11. The molecule has 0 unspecified atom stereocenters. The second kappa shape index (κ2) is 8.54. The van der Waals surface area contributed by atoms with Crippen LogP contribution < -0.4 is 10.2 Å². The molecular formula is C21H24F3N3O. The van der Waals surface area contributed by atoms with Crippen LogP contribution in [0, 0.1) is 6.92 Å². The highest BCUT2D eigenvalue weighted by Crippen LogP contribution is 2.29. The van der Waals surface area contributed by atoms with Gasteiger partial charge in [-0.25, -0.2) is 4.79 Å². The molecular weight excluding hydrogens is 367 g/mol. The van der Waals surface area contributed by atoms with Crippen LogP contribution in [0.1, 0.15) is 16.7 Å². The Hall–Kier alpha value is -2.70. The number of alkyl halides is 3. The average Bonchev–Trinajstić information content (AvgIpc) is 2.68. The van der Waals surface area contributed by atoms with Gasteiger partial charge in [-0.1, -0.05) is 24.3 Å². The number of hydrogen-bond acceptors (Lipinski definition) is 2. The molecule has 3 rings (SSSR count). The molecule has 0 spiro atoms. The molecule has 0 aliphatic carbocycles. The first-order chi connectivity index (χ1) is 13.3. The molecule has 1 N–H and O–H groups in total. The van der Waals surface area contributed by atoms with Crippen LogP contribution in [-0.2, 0) is 12.6 Å². The zero-order valence-corrected chi connectivity index (χ0v) is 15.8. The van der Waals surface area contributed by atoms with E-state index < -0.39 is 11.7 Å². The monoisotopic (exact) mass is 391 g/mol. The smallest absolute Gasteiger partial charge is 0.368 e. The van der Waals surface area contributed by atoms with E-state index in [4.69, 9.17) is 0 Å². The van der Waals surface area contributed by atoms with Gasteiger partial charge in [0.05, 0.1) is 5.56 Å². The minimum atomic E-state index is -4.33. The molecule has 1 saturated heterocycles. The molecule has 0 aromatic heterocycles. The third-order valence-electron chi connectivity index (χ3n) is 4.90. The third kappa shape index (κ3) is 5.18. The van der Waals surface area contributed by atoms with Gasteiger partial charge in [-0.2, -0.15) is 13.2 Å². The first kappa shape index (κ1) is 20.0. The summed E-state index contributed by atoms with van der Waals surface area (Å²) in [4.78, 5) is 16.4. The second-order valence-corrected chi connectivity index (χ2v) is 6.99. The fourth-order valence-corrected chi connectivity index (χ4v) is 3.28. The number of benzene rings is 2. The van der Waals surface area contributed by atoms with Crippen LogP contribution in [0.15, 0.2) is 48.5 Å². The van der Waals surface area contributed by atoms with Crippen molar-refractivity contribution in [3.63, 3.8) is 0 Å². The van der Waals surface area contributed by atoms with Crippen LogP contribution in [0.2, 0.25) is 0 Å². The number of anilines is 1. The van der Waals surface area contributed by atoms with Gasteiger partial charge in [0.25, 0.3) is 0 Å². The number of carbonyl (C=O) groups is 1. The van der Waals surface area contributed by atoms with Crippen molar-refractivity contribution in [2.45, 2.75) is 19.5 Å². The zero-order valence-electron chi connectivity index (χ0n) is 15.8. The number of rotatable bonds is 4. The fourth-order valence-electron chi connectivity index (χ4n) is 3.28. The van der Waals surface area contributed by atoms with Gasteiger partial charge in [0, 0.05) is 38.4 Å². The lowest BCUT2D eigenvalue weighted by molar-refractivity contribution is -0.137. The van der Waals surface area contributed by atoms with Gasteiger partial charge in [-0.05, 0) is 48.7 Å². The molecule has 1 aliphatic heterocycles. The lowest BCUT2D eigenvalue weighted by Gasteiger charge is -2.36. The summed E-state index contributed by atoms with van der Waals surface area (Å²) in [6, 6.07) is 13.2. The highest BCUT2D eigenvalue weighted by Gasteiger charge is 2.29. The summed E-state index contributed by atoms with van der Waals surface area (Å²) in [7, 11) is 0. The van der Waals surface area contributed by atoms with Gasteiger partial charge in [0.2, 0.25) is 0 Å². The van der Waals surface area contributed by atoms with Gasteiger partial charge >= 0.3 is 12.2 Å². The number of nitrogens with zero attached hydrogens (tertiary/aromatic N) is 2. The molecule has 2 amide bonds. The first-order valence-corrected chi connectivity index (χ1v) is 9.33. The van der Waals surface area contributed by atoms with Crippen LogP contribution in [0.25, 0.3) is 0 Å². The SMILES string of the molecule is Cc1cccc(N2CCN(C(=O)NCCc3ccc(C(F)(F)F)cc3)CC2)c1. The second-order valence-electron chi connectivity index (χ2n) is 6.99. The Balaban J connectivity index is 1.42. The number of nitrogens with one attached hydrogen (secondary N) is 1. The van der Waals surface area contributed by atoms with Crippen molar-refractivity contribution in [1.29, 1.82) is 0 Å². The van der Waals surface area contributed by atoms with E-state index in [1.807, 2.05) is 6.07 Å². The van der Waals surface area contributed by atoms with Crippen molar-refractivity contribution in [1.82, 2.24) is 10.2 Å². The molecule has 1 heterocycles. The highest BCUT2D eigenvalue weighted by molar-refractivity contribution is 5.74. The van der Waals surface area contributed by atoms with E-state index in [-0.39, 0.29) is 6.03 Å². The number of halogens is 3. The van der Waals surface area contributed by atoms with Crippen molar-refractivity contribution in [2.75, 3.05) is 37.6 Å². The quantitative estimate of drug-likeness (QED) is 0.852. The lowest BCUT2D eigenvalue weighted by atomic mass is 10.1. The van der Waals surface area contributed by atoms with Crippen LogP contribution in [-0.4, -0.2) is 43.7 Å². The standard InChI is InChI=1S/C21H24F3N3O/c1-16-3-2-4-19(15-16)26-11-13-27(14-12-26)20(28)25-10-9-17-5-7-18(8-6-17)21(22,23)24/h2-8,15H,9-14H2,1H3,(H,25,28). The molecule has 7 heteroatoms. The van der Waals surface area contributed by atoms with E-state index in [9.17, 15) is 18.0 Å². The Bertz CT molecular complexity index is 797. The number of aryl methyl sites for hydroxylation is 1. The molecule has 1 fully saturated rings. The van der Waals surface area contributed by atoms with E-state index in [1.165, 1.54) is 23.4 Å². The molecule has 28 heavy (non-hydrogen) atoms. The van der Waals surface area contributed by atoms with E-state index in [0.717, 1.165) is 30.8 Å². The topological polar surface area (TPSA) is 35.6 Å². The van der Waals surface area contributed by atoms with E-state index >= 15 is 0 Å². The summed E-state index contributed by atoms with van der Waals surface area (Å²) in [5, 5.41) is 2.86. The molecule has 1 aliphatic rings. The van der Waals surface area contributed by atoms with Gasteiger partial charge < -0.3 is 15.1 Å². The van der Waals surface area contributed by atoms with Crippen molar-refractivity contribution in [3.8, 4) is 0 Å². The van der Waals surface area contributed by atoms with Crippen molar-refractivity contribution in [3.05, 3.63) is 65.2 Å². The Morgan fingerprint density at radius 3 is 2.32 bits per heavy atom. The maximum absolute atomic E-state index is 12.6. The fraction of sp³-hybridized carbons (Fsp3) is 0.381. The van der Waals surface area contributed by atoms with Gasteiger partial charge in [0.1, 0.15) is 0 Å². The number of amides is 2. The summed E-state index contributed by atoms with van der Waals surface area (Å²) in [5.41, 5.74) is 2.48. The summed E-state index contributed by atoms with van der Waals surface area (Å²) in [6.45, 7) is 5.28. The zero-order chi connectivity index (χ0) is 20.1. The van der Waals surface area contributed by atoms with E-state index in [2.05, 4.69) is 35.3 Å². The molecule has 0 radical (unpaired) electrons. The van der Waals surface area contributed by atoms with Gasteiger partial charge in [0.15, 0.2) is 0 Å². The number of hydrogen-bond donors (Lipinski definition) is 1. The first-order valence-electron chi connectivity index (χ1n) is 9.33. The molecule has 0 bridgehead atoms. The summed E-state index contributed by atoms with van der Waals surface area (Å²) >= 11 is 0. The van der Waals surface area contributed by atoms with Gasteiger partial charge in [-0.15, -0.1) is 0 Å². The number of urea groups is 1. The molecule has 4 nitrogen and oxygen atoms in total. The Labute approximate surface area is 162 Å². The van der Waals surface area contributed by atoms with Crippen molar-refractivity contribution >= 4 is 11.7 Å². The summed E-state index contributed by atoms with van der Waals surface area (Å²) < 4.78 is 37.7. The molecule has 0 atom stereocenters. The maximum Gasteiger partial charge on any atom is 0.416 e. The van der Waals surface area contributed by atoms with Crippen LogP contribution in [0.3, 0.4) is 0 Å². The average molecular weight is 391 g/mol. The number of carbonyl (C=O) groups excluding carboxylic acids is 1. The van der Waals surface area contributed by atoms with Crippen LogP contribution >= 0.6 is 0 Å². The van der Waals surface area contributed by atoms with Crippen molar-refractivity contribution < 1.29 is 18.0 Å². The minimum Gasteiger partial charge on any atom is -0.368 e. The normalized spacial score (nSPS) is 14.9. The molecule has 150 valence electrons. The Morgan fingerprint density at radius 2 is 1.71 bits per heavy atom. The Morgan fingerprint density at radius 1 is 1.04 bits per heavy atom. The molecule has 2 aromatic rings. The van der Waals surface area contributed by atoms with E-state index in [0.29, 0.717) is 26.1 Å². The summed E-state index contributed by atoms with van der Waals surface area (Å²) in [5.74, 6) is 0. The van der Waals surface area contributed by atoms with Crippen LogP contribution in [0.4, 0.5) is 23.7 Å². The highest BCUT2D eigenvalue weighted by atomic mass is 19.4. The lowest BCUT2D eigenvalue weighted by Crippen LogP contribution is -2.52. The minimum absolute atomic E-state index is 0.129. The van der Waals surface area contributed by atoms with Crippen LogP contribution in [0.5, 0.6) is 0 Å².